The smallest absolute Gasteiger partial charge is 0.262 e. The predicted octanol–water partition coefficient (Wildman–Crippen LogP) is 0.216. The van der Waals surface area contributed by atoms with E-state index < -0.39 is 0 Å². The number of H-pyrrole nitrogens is 1. The van der Waals surface area contributed by atoms with Crippen molar-refractivity contribution >= 4 is 0 Å². The van der Waals surface area contributed by atoms with Crippen molar-refractivity contribution < 1.29 is 0 Å². The number of nitrogens with one attached hydrogen (secondary N) is 1. The van der Waals surface area contributed by atoms with Gasteiger partial charge in [-0.15, -0.1) is 0 Å². The monoisotopic (exact) mass is 222 g/mol. The molecule has 0 fully saturated rings. The highest BCUT2D eigenvalue weighted by molar-refractivity contribution is 5.32. The van der Waals surface area contributed by atoms with Crippen molar-refractivity contribution in [2.24, 2.45) is 0 Å². The molecule has 7 heteroatoms. The fraction of sp³-hybridized carbons (Fsp3) is 0.556. The zero-order chi connectivity index (χ0) is 11.9. The molecule has 86 valence electrons. The van der Waals surface area contributed by atoms with Crippen molar-refractivity contribution in [3.8, 4) is 5.69 Å². The average Bonchev–Trinajstić information content (AvgIpc) is 2.70. The Labute approximate surface area is 92.1 Å². The second-order valence-electron chi connectivity index (χ2n) is 4.62. The minimum absolute atomic E-state index is 0.129. The number of nitrogens with zero attached hydrogens (tertiary/aromatic N) is 5. The van der Waals surface area contributed by atoms with E-state index in [1.807, 2.05) is 32.4 Å². The van der Waals surface area contributed by atoms with Gasteiger partial charge in [0.1, 0.15) is 5.69 Å². The summed E-state index contributed by atoms with van der Waals surface area (Å²) in [6.45, 7) is 8.03. The molecule has 0 saturated carbocycles. The number of tetrazole rings is 1. The van der Waals surface area contributed by atoms with Crippen LogP contribution in [0.1, 0.15) is 26.5 Å². The van der Waals surface area contributed by atoms with Crippen molar-refractivity contribution in [3.05, 3.63) is 22.4 Å². The summed E-state index contributed by atoms with van der Waals surface area (Å²) < 4.78 is 3.05. The minimum Gasteiger partial charge on any atom is -0.262 e. The molecule has 2 rings (SSSR count). The number of rotatable bonds is 1. The summed E-state index contributed by atoms with van der Waals surface area (Å²) in [5.41, 5.74) is 1.03. The Morgan fingerprint density at radius 2 is 2.06 bits per heavy atom. The van der Waals surface area contributed by atoms with Gasteiger partial charge in [0.25, 0.3) is 0 Å². The van der Waals surface area contributed by atoms with Gasteiger partial charge in [0.2, 0.25) is 0 Å². The van der Waals surface area contributed by atoms with Gasteiger partial charge in [0, 0.05) is 0 Å². The van der Waals surface area contributed by atoms with E-state index in [0.717, 1.165) is 5.69 Å². The third-order valence-corrected chi connectivity index (χ3v) is 2.32. The van der Waals surface area contributed by atoms with E-state index in [1.54, 1.807) is 6.20 Å². The summed E-state index contributed by atoms with van der Waals surface area (Å²) in [6, 6.07) is 0. The van der Waals surface area contributed by atoms with Crippen molar-refractivity contribution in [1.82, 2.24) is 30.0 Å². The Hall–Kier alpha value is -1.92. The van der Waals surface area contributed by atoms with E-state index in [-0.39, 0.29) is 11.2 Å². The molecule has 0 aliphatic rings. The molecular formula is C9H14N6O. The van der Waals surface area contributed by atoms with Crippen LogP contribution in [0.3, 0.4) is 0 Å². The maximum Gasteiger partial charge on any atom is 0.365 e. The van der Waals surface area contributed by atoms with Crippen LogP contribution in [-0.2, 0) is 5.54 Å². The molecule has 16 heavy (non-hydrogen) atoms. The van der Waals surface area contributed by atoms with E-state index in [0.29, 0.717) is 5.69 Å². The van der Waals surface area contributed by atoms with Crippen molar-refractivity contribution in [2.75, 3.05) is 0 Å². The lowest BCUT2D eigenvalue weighted by Gasteiger charge is -2.21. The van der Waals surface area contributed by atoms with Crippen LogP contribution in [0.5, 0.6) is 0 Å². The second-order valence-corrected chi connectivity index (χ2v) is 4.62. The first-order valence-electron chi connectivity index (χ1n) is 4.97. The van der Waals surface area contributed by atoms with Crippen molar-refractivity contribution in [2.45, 2.75) is 33.2 Å². The number of aromatic amines is 1. The summed E-state index contributed by atoms with van der Waals surface area (Å²) in [5.74, 6) is 0. The van der Waals surface area contributed by atoms with Gasteiger partial charge in [-0.25, -0.2) is 9.89 Å². The van der Waals surface area contributed by atoms with Crippen molar-refractivity contribution in [3.63, 3.8) is 0 Å². The van der Waals surface area contributed by atoms with Crippen LogP contribution >= 0.6 is 0 Å². The van der Waals surface area contributed by atoms with Crippen LogP contribution in [0.4, 0.5) is 0 Å². The Balaban J connectivity index is 2.58. The standard InChI is InChI=1S/C9H14N6O/c1-6-7(14-8(16)11-12-13-14)5-10-15(6)9(2,3)4/h5H,1-4H3,(H,11,13,16). The van der Waals surface area contributed by atoms with Crippen LogP contribution in [-0.4, -0.2) is 30.0 Å². The molecule has 7 nitrogen and oxygen atoms in total. The molecule has 0 spiro atoms. The van der Waals surface area contributed by atoms with Gasteiger partial charge >= 0.3 is 5.69 Å². The first-order chi connectivity index (χ1) is 7.41. The molecule has 0 radical (unpaired) electrons. The van der Waals surface area contributed by atoms with E-state index in [2.05, 4.69) is 20.6 Å². The molecule has 0 bridgehead atoms. The zero-order valence-electron chi connectivity index (χ0n) is 9.72. The van der Waals surface area contributed by atoms with Gasteiger partial charge in [-0.05, 0) is 38.1 Å². The third kappa shape index (κ3) is 1.54. The number of hydrogen-bond donors (Lipinski definition) is 1. The summed E-state index contributed by atoms with van der Waals surface area (Å²) >= 11 is 0. The Morgan fingerprint density at radius 1 is 1.38 bits per heavy atom. The lowest BCUT2D eigenvalue weighted by atomic mass is 10.1. The fourth-order valence-corrected chi connectivity index (χ4v) is 1.64. The van der Waals surface area contributed by atoms with Crippen LogP contribution in [0.15, 0.2) is 11.0 Å². The van der Waals surface area contributed by atoms with Crippen LogP contribution in [0.25, 0.3) is 5.69 Å². The second kappa shape index (κ2) is 3.29. The molecule has 0 amide bonds. The van der Waals surface area contributed by atoms with Gasteiger partial charge in [-0.3, -0.25) is 4.68 Å². The maximum atomic E-state index is 11.4. The van der Waals surface area contributed by atoms with Crippen LogP contribution < -0.4 is 5.69 Å². The predicted molar refractivity (Wildman–Crippen MR) is 57.5 cm³/mol. The quantitative estimate of drug-likeness (QED) is 0.748. The van der Waals surface area contributed by atoms with Gasteiger partial charge in [-0.2, -0.15) is 9.78 Å². The van der Waals surface area contributed by atoms with Crippen LogP contribution in [0.2, 0.25) is 0 Å². The largest absolute Gasteiger partial charge is 0.365 e. The van der Waals surface area contributed by atoms with Gasteiger partial charge in [0.15, 0.2) is 0 Å². The molecule has 2 heterocycles. The molecule has 0 saturated heterocycles. The zero-order valence-corrected chi connectivity index (χ0v) is 9.72. The Bertz CT molecular complexity index is 555. The molecule has 0 atom stereocenters. The van der Waals surface area contributed by atoms with E-state index in [1.165, 1.54) is 4.68 Å². The fourth-order valence-electron chi connectivity index (χ4n) is 1.64. The lowest BCUT2D eigenvalue weighted by molar-refractivity contribution is 0.347. The van der Waals surface area contributed by atoms with E-state index in [9.17, 15) is 4.79 Å². The first-order valence-corrected chi connectivity index (χ1v) is 4.97. The van der Waals surface area contributed by atoms with E-state index in [4.69, 9.17) is 0 Å². The maximum absolute atomic E-state index is 11.4. The average molecular weight is 222 g/mol. The van der Waals surface area contributed by atoms with E-state index >= 15 is 0 Å². The molecule has 2 aromatic rings. The topological polar surface area (TPSA) is 81.4 Å². The van der Waals surface area contributed by atoms with Crippen molar-refractivity contribution in [1.29, 1.82) is 0 Å². The summed E-state index contributed by atoms with van der Waals surface area (Å²) in [5, 5.41) is 13.6. The number of hydrogen-bond acceptors (Lipinski definition) is 4. The molecule has 0 unspecified atom stereocenters. The minimum atomic E-state index is -0.364. The molecule has 0 aromatic carbocycles. The summed E-state index contributed by atoms with van der Waals surface area (Å²) in [7, 11) is 0. The number of aromatic nitrogens is 6. The summed E-state index contributed by atoms with van der Waals surface area (Å²) in [4.78, 5) is 11.4. The molecular weight excluding hydrogens is 208 g/mol. The molecule has 0 aliphatic heterocycles. The normalized spacial score (nSPS) is 12.0. The molecule has 0 aliphatic carbocycles. The van der Waals surface area contributed by atoms with Gasteiger partial charge < -0.3 is 0 Å². The molecule has 1 N–H and O–H groups in total. The Kier molecular flexibility index (Phi) is 2.18. The summed E-state index contributed by atoms with van der Waals surface area (Å²) in [6.07, 6.45) is 1.62. The van der Waals surface area contributed by atoms with Gasteiger partial charge in [-0.1, -0.05) is 0 Å². The highest BCUT2D eigenvalue weighted by Crippen LogP contribution is 2.19. The highest BCUT2D eigenvalue weighted by atomic mass is 16.2. The SMILES string of the molecule is Cc1c(-n2nn[nH]c2=O)cnn1C(C)(C)C. The highest BCUT2D eigenvalue weighted by Gasteiger charge is 2.20. The third-order valence-electron chi connectivity index (χ3n) is 2.32. The molecule has 2 aromatic heterocycles. The van der Waals surface area contributed by atoms with Gasteiger partial charge in [0.05, 0.1) is 17.4 Å². The Morgan fingerprint density at radius 3 is 2.50 bits per heavy atom. The lowest BCUT2D eigenvalue weighted by Crippen LogP contribution is -2.25. The first kappa shape index (κ1) is 10.6. The van der Waals surface area contributed by atoms with Crippen LogP contribution in [0, 0.1) is 6.92 Å².